The van der Waals surface area contributed by atoms with Gasteiger partial charge in [0, 0.05) is 12.8 Å². The summed E-state index contributed by atoms with van der Waals surface area (Å²) in [4.78, 5) is 11.1. The first kappa shape index (κ1) is 18.7. The van der Waals surface area contributed by atoms with E-state index in [-0.39, 0.29) is 0 Å². The monoisotopic (exact) mass is 294 g/mol. The molecule has 0 atom stereocenters. The summed E-state index contributed by atoms with van der Waals surface area (Å²) >= 11 is 0. The van der Waals surface area contributed by atoms with Crippen LogP contribution < -0.4 is 0 Å². The predicted molar refractivity (Wildman–Crippen MR) is 92.7 cm³/mol. The van der Waals surface area contributed by atoms with Crippen LogP contribution in [0.3, 0.4) is 0 Å². The highest BCUT2D eigenvalue weighted by Crippen LogP contribution is 2.34. The van der Waals surface area contributed by atoms with Crippen molar-refractivity contribution in [1.82, 2.24) is 0 Å². The summed E-state index contributed by atoms with van der Waals surface area (Å²) in [5.41, 5.74) is 0. The molecule has 1 saturated carbocycles. The molecule has 124 valence electrons. The molecule has 0 aliphatic heterocycles. The molecule has 0 aromatic heterocycles. The van der Waals surface area contributed by atoms with Crippen molar-refractivity contribution in [2.75, 3.05) is 0 Å². The first-order valence-electron chi connectivity index (χ1n) is 9.84. The number of unbranched alkanes of at least 4 members (excludes halogenated alkanes) is 11. The average molecular weight is 295 g/mol. The Morgan fingerprint density at radius 3 is 1.57 bits per heavy atom. The summed E-state index contributed by atoms with van der Waals surface area (Å²) in [5.74, 6) is 1.57. The van der Waals surface area contributed by atoms with Crippen LogP contribution in [0.5, 0.6) is 0 Å². The smallest absolute Gasteiger partial charge is 0.132 e. The highest BCUT2D eigenvalue weighted by Gasteiger charge is 2.19. The van der Waals surface area contributed by atoms with Gasteiger partial charge < -0.3 is 0 Å². The second kappa shape index (κ2) is 13.3. The number of Topliss-reactive ketones (excluding diaryl/α,β-unsaturated/α-hetero) is 1. The van der Waals surface area contributed by atoms with Gasteiger partial charge in [-0.05, 0) is 12.3 Å². The van der Waals surface area contributed by atoms with Crippen molar-refractivity contribution in [3.05, 3.63) is 0 Å². The molecular formula is C20H38O. The maximum atomic E-state index is 11.1. The van der Waals surface area contributed by atoms with Crippen LogP contribution in [-0.2, 0) is 4.79 Å². The van der Waals surface area contributed by atoms with Gasteiger partial charge in [0.2, 0.25) is 0 Å². The van der Waals surface area contributed by atoms with Gasteiger partial charge in [-0.25, -0.2) is 0 Å². The molecule has 0 aromatic rings. The minimum atomic E-state index is 0.437. The van der Waals surface area contributed by atoms with Gasteiger partial charge in [0.15, 0.2) is 0 Å². The second-order valence-electron chi connectivity index (χ2n) is 7.12. The van der Waals surface area contributed by atoms with Gasteiger partial charge in [-0.15, -0.1) is 0 Å². The van der Waals surface area contributed by atoms with Crippen LogP contribution in [0.2, 0.25) is 0 Å². The Labute approximate surface area is 133 Å². The minimum Gasteiger partial charge on any atom is -0.300 e. The number of carbonyl (C=O) groups is 1. The Hall–Kier alpha value is -0.330. The molecule has 0 amide bonds. The molecular weight excluding hydrogens is 256 g/mol. The van der Waals surface area contributed by atoms with E-state index in [9.17, 15) is 4.79 Å². The summed E-state index contributed by atoms with van der Waals surface area (Å²) in [7, 11) is 0. The molecule has 0 unspecified atom stereocenters. The largest absolute Gasteiger partial charge is 0.300 e. The molecule has 1 rings (SSSR count). The molecule has 0 aromatic carbocycles. The van der Waals surface area contributed by atoms with Crippen LogP contribution >= 0.6 is 0 Å². The summed E-state index contributed by atoms with van der Waals surface area (Å²) in [6.07, 6.45) is 22.8. The van der Waals surface area contributed by atoms with Gasteiger partial charge in [-0.1, -0.05) is 96.8 Å². The van der Waals surface area contributed by atoms with Crippen LogP contribution in [-0.4, -0.2) is 5.78 Å². The zero-order chi connectivity index (χ0) is 15.2. The van der Waals surface area contributed by atoms with Crippen LogP contribution in [0.15, 0.2) is 0 Å². The van der Waals surface area contributed by atoms with E-state index in [4.69, 9.17) is 0 Å². The normalized spacial score (nSPS) is 14.5. The maximum absolute atomic E-state index is 11.1. The van der Waals surface area contributed by atoms with Crippen LogP contribution in [0.4, 0.5) is 0 Å². The van der Waals surface area contributed by atoms with Crippen molar-refractivity contribution < 1.29 is 4.79 Å². The molecule has 1 heteroatoms. The zero-order valence-corrected chi connectivity index (χ0v) is 14.5. The van der Waals surface area contributed by atoms with Crippen molar-refractivity contribution in [2.24, 2.45) is 5.92 Å². The van der Waals surface area contributed by atoms with Gasteiger partial charge >= 0.3 is 0 Å². The third-order valence-corrected chi connectivity index (χ3v) is 4.91. The average Bonchev–Trinajstić information content (AvgIpc) is 3.31. The highest BCUT2D eigenvalue weighted by atomic mass is 16.1. The van der Waals surface area contributed by atoms with Crippen molar-refractivity contribution in [1.29, 1.82) is 0 Å². The lowest BCUT2D eigenvalue weighted by molar-refractivity contribution is -0.118. The Balaban J connectivity index is 1.64. The summed E-state index contributed by atoms with van der Waals surface area (Å²) < 4.78 is 0. The van der Waals surface area contributed by atoms with E-state index in [1.165, 1.54) is 89.9 Å². The van der Waals surface area contributed by atoms with Crippen molar-refractivity contribution in [2.45, 2.75) is 116 Å². The molecule has 1 aliphatic carbocycles. The Bertz CT molecular complexity index is 242. The number of carbonyl (C=O) groups excluding carboxylic acids is 1. The van der Waals surface area contributed by atoms with E-state index in [0.29, 0.717) is 5.78 Å². The lowest BCUT2D eigenvalue weighted by Crippen LogP contribution is -1.94. The fraction of sp³-hybridized carbons (Fsp3) is 0.950. The molecule has 0 heterocycles. The highest BCUT2D eigenvalue weighted by molar-refractivity contribution is 5.77. The summed E-state index contributed by atoms with van der Waals surface area (Å²) in [5, 5.41) is 0. The van der Waals surface area contributed by atoms with Gasteiger partial charge in [-0.2, -0.15) is 0 Å². The van der Waals surface area contributed by atoms with E-state index in [0.717, 1.165) is 25.2 Å². The van der Waals surface area contributed by atoms with E-state index >= 15 is 0 Å². The summed E-state index contributed by atoms with van der Waals surface area (Å²) in [6, 6.07) is 0. The van der Waals surface area contributed by atoms with E-state index in [2.05, 4.69) is 0 Å². The van der Waals surface area contributed by atoms with Gasteiger partial charge in [0.1, 0.15) is 5.78 Å². The fourth-order valence-electron chi connectivity index (χ4n) is 3.11. The first-order valence-corrected chi connectivity index (χ1v) is 9.84. The van der Waals surface area contributed by atoms with Crippen LogP contribution in [0, 0.1) is 5.92 Å². The third kappa shape index (κ3) is 13.1. The Morgan fingerprint density at radius 1 is 0.714 bits per heavy atom. The third-order valence-electron chi connectivity index (χ3n) is 4.91. The van der Waals surface area contributed by atoms with E-state index < -0.39 is 0 Å². The van der Waals surface area contributed by atoms with Crippen molar-refractivity contribution >= 4 is 5.78 Å². The number of ketones is 1. The van der Waals surface area contributed by atoms with Crippen LogP contribution in [0.25, 0.3) is 0 Å². The van der Waals surface area contributed by atoms with E-state index in [1.54, 1.807) is 0 Å². The molecule has 1 nitrogen and oxygen atoms in total. The van der Waals surface area contributed by atoms with E-state index in [1.807, 2.05) is 6.92 Å². The van der Waals surface area contributed by atoms with Crippen molar-refractivity contribution in [3.63, 3.8) is 0 Å². The Morgan fingerprint density at radius 2 is 1.14 bits per heavy atom. The summed E-state index contributed by atoms with van der Waals surface area (Å²) in [6.45, 7) is 1.97. The SMILES string of the molecule is CCC(=O)CCCCCCCCCCCCCCC1CC1. The fourth-order valence-corrected chi connectivity index (χ4v) is 3.11. The first-order chi connectivity index (χ1) is 10.3. The predicted octanol–water partition coefficient (Wildman–Crippen LogP) is 6.84. The molecule has 21 heavy (non-hydrogen) atoms. The zero-order valence-electron chi connectivity index (χ0n) is 14.5. The molecule has 1 fully saturated rings. The Kier molecular flexibility index (Phi) is 11.9. The molecule has 1 aliphatic rings. The molecule has 0 radical (unpaired) electrons. The molecule has 0 spiro atoms. The van der Waals surface area contributed by atoms with Gasteiger partial charge in [0.25, 0.3) is 0 Å². The molecule has 0 saturated heterocycles. The lowest BCUT2D eigenvalue weighted by atomic mass is 10.0. The minimum absolute atomic E-state index is 0.437. The lowest BCUT2D eigenvalue weighted by Gasteiger charge is -2.03. The van der Waals surface area contributed by atoms with Crippen LogP contribution in [0.1, 0.15) is 116 Å². The standard InChI is InChI=1S/C20H38O/c1-2-20(21)16-14-12-10-8-6-4-3-5-7-9-11-13-15-19-17-18-19/h19H,2-18H2,1H3. The topological polar surface area (TPSA) is 17.1 Å². The molecule has 0 N–H and O–H groups in total. The number of hydrogen-bond donors (Lipinski definition) is 0. The van der Waals surface area contributed by atoms with Gasteiger partial charge in [0.05, 0.1) is 0 Å². The van der Waals surface area contributed by atoms with Crippen molar-refractivity contribution in [3.8, 4) is 0 Å². The number of hydrogen-bond acceptors (Lipinski definition) is 1. The maximum Gasteiger partial charge on any atom is 0.132 e. The number of rotatable bonds is 16. The quantitative estimate of drug-likeness (QED) is 0.285. The molecule has 0 bridgehead atoms. The second-order valence-corrected chi connectivity index (χ2v) is 7.12. The van der Waals surface area contributed by atoms with Gasteiger partial charge in [-0.3, -0.25) is 4.79 Å².